The minimum atomic E-state index is -0.213. The number of carbonyl (C=O) groups excluding carboxylic acids is 1. The van der Waals surface area contributed by atoms with Crippen molar-refractivity contribution in [1.29, 1.82) is 0 Å². The molecule has 1 amide bonds. The summed E-state index contributed by atoms with van der Waals surface area (Å²) < 4.78 is 10.3. The van der Waals surface area contributed by atoms with Crippen LogP contribution in [0.1, 0.15) is 16.8 Å². The van der Waals surface area contributed by atoms with Gasteiger partial charge in [0.1, 0.15) is 11.3 Å². The molecule has 17 heavy (non-hydrogen) atoms. The van der Waals surface area contributed by atoms with Crippen LogP contribution in [0.3, 0.4) is 0 Å². The lowest BCUT2D eigenvalue weighted by atomic mass is 10.1. The first-order valence-corrected chi connectivity index (χ1v) is 5.53. The Balaban J connectivity index is 2.17. The van der Waals surface area contributed by atoms with Crippen molar-refractivity contribution in [1.82, 2.24) is 5.32 Å². The monoisotopic (exact) mass is 236 g/mol. The van der Waals surface area contributed by atoms with Crippen LogP contribution >= 0.6 is 0 Å². The minimum Gasteiger partial charge on any atom is -0.496 e. The largest absolute Gasteiger partial charge is 0.496 e. The van der Waals surface area contributed by atoms with Crippen LogP contribution in [0.15, 0.2) is 18.2 Å². The van der Waals surface area contributed by atoms with Gasteiger partial charge in [-0.2, -0.15) is 0 Å². The number of hydrogen-bond donors (Lipinski definition) is 2. The van der Waals surface area contributed by atoms with Gasteiger partial charge in [0.2, 0.25) is 0 Å². The van der Waals surface area contributed by atoms with Gasteiger partial charge in [-0.1, -0.05) is 6.07 Å². The molecule has 5 nitrogen and oxygen atoms in total. The Morgan fingerprint density at radius 1 is 1.59 bits per heavy atom. The van der Waals surface area contributed by atoms with Gasteiger partial charge in [0.15, 0.2) is 0 Å². The molecule has 1 unspecified atom stereocenters. The van der Waals surface area contributed by atoms with Crippen LogP contribution < -0.4 is 15.8 Å². The zero-order valence-electron chi connectivity index (χ0n) is 9.73. The average molecular weight is 236 g/mol. The van der Waals surface area contributed by atoms with Crippen LogP contribution in [-0.4, -0.2) is 32.3 Å². The first kappa shape index (κ1) is 11.7. The molecule has 0 aromatic heterocycles. The Bertz CT molecular complexity index is 414. The Morgan fingerprint density at radius 3 is 3.06 bits per heavy atom. The second kappa shape index (κ2) is 5.05. The van der Waals surface area contributed by atoms with Crippen LogP contribution in [0.4, 0.5) is 5.69 Å². The third kappa shape index (κ3) is 2.50. The Kier molecular flexibility index (Phi) is 3.49. The molecule has 0 saturated carbocycles. The summed E-state index contributed by atoms with van der Waals surface area (Å²) in [6.07, 6.45) is 0.834. The van der Waals surface area contributed by atoms with Gasteiger partial charge in [0.05, 0.1) is 19.8 Å². The molecule has 92 valence electrons. The summed E-state index contributed by atoms with van der Waals surface area (Å²) >= 11 is 0. The summed E-state index contributed by atoms with van der Waals surface area (Å²) in [5.41, 5.74) is 6.61. The maximum atomic E-state index is 12.1. The van der Waals surface area contributed by atoms with Gasteiger partial charge in [-0.05, 0) is 18.6 Å². The summed E-state index contributed by atoms with van der Waals surface area (Å²) in [5.74, 6) is 0.275. The van der Waals surface area contributed by atoms with E-state index in [1.54, 1.807) is 18.2 Å². The SMILES string of the molecule is COc1cccc(N)c1C(=O)NC1CCOC1. The molecule has 1 aliphatic rings. The highest BCUT2D eigenvalue weighted by atomic mass is 16.5. The fourth-order valence-electron chi connectivity index (χ4n) is 1.87. The fourth-order valence-corrected chi connectivity index (χ4v) is 1.87. The first-order chi connectivity index (χ1) is 8.22. The van der Waals surface area contributed by atoms with Crippen LogP contribution in [0, 0.1) is 0 Å². The summed E-state index contributed by atoms with van der Waals surface area (Å²) in [7, 11) is 1.52. The quantitative estimate of drug-likeness (QED) is 0.761. The Hall–Kier alpha value is -1.75. The number of anilines is 1. The number of carbonyl (C=O) groups is 1. The maximum absolute atomic E-state index is 12.1. The topological polar surface area (TPSA) is 73.6 Å². The second-order valence-electron chi connectivity index (χ2n) is 3.96. The predicted octanol–water partition coefficient (Wildman–Crippen LogP) is 0.796. The van der Waals surface area contributed by atoms with Gasteiger partial charge in [-0.25, -0.2) is 0 Å². The fraction of sp³-hybridized carbons (Fsp3) is 0.417. The number of rotatable bonds is 3. The standard InChI is InChI=1S/C12H16N2O3/c1-16-10-4-2-3-9(13)11(10)12(15)14-8-5-6-17-7-8/h2-4,8H,5-7,13H2,1H3,(H,14,15). The lowest BCUT2D eigenvalue weighted by Crippen LogP contribution is -2.35. The average Bonchev–Trinajstić information content (AvgIpc) is 2.81. The third-order valence-corrected chi connectivity index (χ3v) is 2.77. The van der Waals surface area contributed by atoms with E-state index in [1.807, 2.05) is 0 Å². The van der Waals surface area contributed by atoms with Crippen molar-refractivity contribution in [2.24, 2.45) is 0 Å². The van der Waals surface area contributed by atoms with E-state index in [-0.39, 0.29) is 11.9 Å². The normalized spacial score (nSPS) is 19.0. The predicted molar refractivity (Wildman–Crippen MR) is 64.1 cm³/mol. The molecule has 3 N–H and O–H groups in total. The van der Waals surface area contributed by atoms with Crippen molar-refractivity contribution in [3.05, 3.63) is 23.8 Å². The Morgan fingerprint density at radius 2 is 2.41 bits per heavy atom. The number of methoxy groups -OCH3 is 1. The van der Waals surface area contributed by atoms with Crippen molar-refractivity contribution < 1.29 is 14.3 Å². The number of benzene rings is 1. The molecule has 0 aliphatic carbocycles. The van der Waals surface area contributed by atoms with E-state index < -0.39 is 0 Å². The zero-order valence-corrected chi connectivity index (χ0v) is 9.73. The summed E-state index contributed by atoms with van der Waals surface area (Å²) in [4.78, 5) is 12.1. The summed E-state index contributed by atoms with van der Waals surface area (Å²) in [6, 6.07) is 5.22. The molecule has 1 aromatic carbocycles. The number of ether oxygens (including phenoxy) is 2. The number of nitrogens with two attached hydrogens (primary N) is 1. The van der Waals surface area contributed by atoms with Crippen LogP contribution in [0.2, 0.25) is 0 Å². The van der Waals surface area contributed by atoms with Crippen molar-refractivity contribution in [2.45, 2.75) is 12.5 Å². The van der Waals surface area contributed by atoms with Gasteiger partial charge in [0, 0.05) is 12.3 Å². The van der Waals surface area contributed by atoms with Crippen LogP contribution in [0.25, 0.3) is 0 Å². The van der Waals surface area contributed by atoms with Gasteiger partial charge >= 0.3 is 0 Å². The van der Waals surface area contributed by atoms with Gasteiger partial charge in [0.25, 0.3) is 5.91 Å². The molecule has 0 bridgehead atoms. The first-order valence-electron chi connectivity index (χ1n) is 5.53. The highest BCUT2D eigenvalue weighted by molar-refractivity contribution is 6.02. The zero-order chi connectivity index (χ0) is 12.3. The lowest BCUT2D eigenvalue weighted by molar-refractivity contribution is 0.0928. The van der Waals surface area contributed by atoms with Crippen LogP contribution in [-0.2, 0) is 4.74 Å². The molecule has 5 heteroatoms. The van der Waals surface area contributed by atoms with E-state index >= 15 is 0 Å². The molecular weight excluding hydrogens is 220 g/mol. The van der Waals surface area contributed by atoms with Crippen molar-refractivity contribution in [2.75, 3.05) is 26.1 Å². The lowest BCUT2D eigenvalue weighted by Gasteiger charge is -2.14. The van der Waals surface area contributed by atoms with Gasteiger partial charge < -0.3 is 20.5 Å². The van der Waals surface area contributed by atoms with E-state index in [0.29, 0.717) is 30.2 Å². The minimum absolute atomic E-state index is 0.0619. The molecule has 1 fully saturated rings. The van der Waals surface area contributed by atoms with Gasteiger partial charge in [-0.15, -0.1) is 0 Å². The number of amides is 1. The van der Waals surface area contributed by atoms with Crippen molar-refractivity contribution in [3.63, 3.8) is 0 Å². The van der Waals surface area contributed by atoms with Gasteiger partial charge in [-0.3, -0.25) is 4.79 Å². The third-order valence-electron chi connectivity index (χ3n) is 2.77. The summed E-state index contributed by atoms with van der Waals surface area (Å²) in [5, 5.41) is 2.89. The van der Waals surface area contributed by atoms with E-state index in [0.717, 1.165) is 6.42 Å². The number of nitrogen functional groups attached to an aromatic ring is 1. The second-order valence-corrected chi connectivity index (χ2v) is 3.96. The van der Waals surface area contributed by atoms with E-state index in [9.17, 15) is 4.79 Å². The van der Waals surface area contributed by atoms with E-state index in [4.69, 9.17) is 15.2 Å². The van der Waals surface area contributed by atoms with Crippen LogP contribution in [0.5, 0.6) is 5.75 Å². The molecule has 0 spiro atoms. The number of hydrogen-bond acceptors (Lipinski definition) is 4. The highest BCUT2D eigenvalue weighted by Crippen LogP contribution is 2.24. The van der Waals surface area contributed by atoms with Crippen molar-refractivity contribution in [3.8, 4) is 5.75 Å². The van der Waals surface area contributed by atoms with E-state index in [1.165, 1.54) is 7.11 Å². The molecule has 2 rings (SSSR count). The summed E-state index contributed by atoms with van der Waals surface area (Å²) in [6.45, 7) is 1.24. The molecule has 1 atom stereocenters. The number of nitrogens with one attached hydrogen (secondary N) is 1. The Labute approximate surface area is 99.9 Å². The molecule has 1 heterocycles. The molecule has 0 radical (unpaired) electrons. The maximum Gasteiger partial charge on any atom is 0.257 e. The molecular formula is C12H16N2O3. The highest BCUT2D eigenvalue weighted by Gasteiger charge is 2.22. The molecule has 1 saturated heterocycles. The van der Waals surface area contributed by atoms with Crippen molar-refractivity contribution >= 4 is 11.6 Å². The molecule has 1 aliphatic heterocycles. The smallest absolute Gasteiger partial charge is 0.257 e. The van der Waals surface area contributed by atoms with E-state index in [2.05, 4.69) is 5.32 Å². The molecule has 1 aromatic rings.